The predicted molar refractivity (Wildman–Crippen MR) is 96.0 cm³/mol. The molecule has 0 spiro atoms. The van der Waals surface area contributed by atoms with Crippen molar-refractivity contribution in [1.29, 1.82) is 0 Å². The topological polar surface area (TPSA) is 85.8 Å². The number of aromatic nitrogens is 4. The number of benzene rings is 1. The second-order valence-electron chi connectivity index (χ2n) is 5.85. The Labute approximate surface area is 149 Å². The number of amides is 1. The molecule has 0 aliphatic rings. The van der Waals surface area contributed by atoms with Gasteiger partial charge in [0.1, 0.15) is 12.1 Å². The third kappa shape index (κ3) is 3.90. The summed E-state index contributed by atoms with van der Waals surface area (Å²) in [6.45, 7) is 7.68. The molecule has 1 atom stereocenters. The highest BCUT2D eigenvalue weighted by Crippen LogP contribution is 2.26. The Bertz CT molecular complexity index is 902. The van der Waals surface area contributed by atoms with Crippen LogP contribution < -0.4 is 5.32 Å². The molecule has 0 radical (unpaired) electrons. The summed E-state index contributed by atoms with van der Waals surface area (Å²) in [6, 6.07) is 7.85. The van der Waals surface area contributed by atoms with E-state index < -0.39 is 0 Å². The van der Waals surface area contributed by atoms with Crippen molar-refractivity contribution in [2.45, 2.75) is 38.1 Å². The number of nitrogens with one attached hydrogen (secondary N) is 1. The molecule has 0 saturated heterocycles. The lowest BCUT2D eigenvalue weighted by molar-refractivity contribution is -0.115. The fourth-order valence-corrected chi connectivity index (χ4v) is 3.25. The van der Waals surface area contributed by atoms with Gasteiger partial charge in [-0.25, -0.2) is 0 Å². The van der Waals surface area contributed by atoms with Crippen LogP contribution in [0, 0.1) is 20.8 Å². The number of nitrogens with zero attached hydrogens (tertiary/aromatic N) is 4. The van der Waals surface area contributed by atoms with Gasteiger partial charge in [0, 0.05) is 6.07 Å². The highest BCUT2D eigenvalue weighted by Gasteiger charge is 2.20. The number of hydrogen-bond acceptors (Lipinski definition) is 6. The first-order valence-corrected chi connectivity index (χ1v) is 8.70. The molecule has 0 saturated carbocycles. The molecular formula is C17H19N5O2S. The number of carbonyl (C=O) groups excluding carboxylic acids is 1. The van der Waals surface area contributed by atoms with Crippen molar-refractivity contribution in [2.75, 3.05) is 5.32 Å². The Morgan fingerprint density at radius 1 is 1.28 bits per heavy atom. The zero-order chi connectivity index (χ0) is 18.0. The highest BCUT2D eigenvalue weighted by atomic mass is 32.2. The molecule has 1 N–H and O–H groups in total. The summed E-state index contributed by atoms with van der Waals surface area (Å²) in [5.74, 6) is 0.879. The van der Waals surface area contributed by atoms with Crippen LogP contribution in [0.15, 0.2) is 40.3 Å². The van der Waals surface area contributed by atoms with Gasteiger partial charge >= 0.3 is 0 Å². The van der Waals surface area contributed by atoms with E-state index in [4.69, 9.17) is 4.52 Å². The monoisotopic (exact) mass is 357 g/mol. The smallest absolute Gasteiger partial charge is 0.238 e. The van der Waals surface area contributed by atoms with Crippen molar-refractivity contribution >= 4 is 23.5 Å². The molecule has 1 amide bonds. The third-order valence-corrected chi connectivity index (χ3v) is 4.72. The molecule has 3 aromatic rings. The Balaban J connectivity index is 1.75. The lowest BCUT2D eigenvalue weighted by Gasteiger charge is -2.13. The van der Waals surface area contributed by atoms with Gasteiger partial charge in [0.2, 0.25) is 5.91 Å². The standard InChI is InChI=1S/C17H19N5O2S/c1-10-5-6-14(11(2)7-10)22-9-18-20-17(22)25-13(4)16(23)19-15-8-12(3)24-21-15/h5-9,13H,1-4H3,(H,19,21,23). The maximum atomic E-state index is 12.3. The van der Waals surface area contributed by atoms with Crippen LogP contribution in [0.25, 0.3) is 5.69 Å². The fourth-order valence-electron chi connectivity index (χ4n) is 2.41. The molecule has 1 aromatic carbocycles. The number of thioether (sulfide) groups is 1. The van der Waals surface area contributed by atoms with E-state index in [0.29, 0.717) is 16.7 Å². The molecule has 8 heteroatoms. The van der Waals surface area contributed by atoms with E-state index in [9.17, 15) is 4.79 Å². The summed E-state index contributed by atoms with van der Waals surface area (Å²) in [5.41, 5.74) is 3.31. The van der Waals surface area contributed by atoms with Crippen LogP contribution in [0.5, 0.6) is 0 Å². The van der Waals surface area contributed by atoms with Crippen molar-refractivity contribution in [3.8, 4) is 5.69 Å². The molecular weight excluding hydrogens is 338 g/mol. The Morgan fingerprint density at radius 2 is 2.08 bits per heavy atom. The normalized spacial score (nSPS) is 12.2. The van der Waals surface area contributed by atoms with E-state index in [1.807, 2.05) is 30.5 Å². The number of aryl methyl sites for hydroxylation is 3. The van der Waals surface area contributed by atoms with Gasteiger partial charge in [-0.05, 0) is 39.3 Å². The number of anilines is 1. The lowest BCUT2D eigenvalue weighted by atomic mass is 10.1. The average molecular weight is 357 g/mol. The largest absolute Gasteiger partial charge is 0.360 e. The number of rotatable bonds is 5. The first kappa shape index (κ1) is 17.2. The van der Waals surface area contributed by atoms with Gasteiger partial charge in [0.15, 0.2) is 11.0 Å². The van der Waals surface area contributed by atoms with E-state index in [0.717, 1.165) is 11.3 Å². The summed E-state index contributed by atoms with van der Waals surface area (Å²) in [5, 5.41) is 14.9. The van der Waals surface area contributed by atoms with Crippen LogP contribution in [0.3, 0.4) is 0 Å². The van der Waals surface area contributed by atoms with Crippen LogP contribution in [0.1, 0.15) is 23.8 Å². The van der Waals surface area contributed by atoms with Crippen molar-refractivity contribution in [2.24, 2.45) is 0 Å². The summed E-state index contributed by atoms with van der Waals surface area (Å²) in [6.07, 6.45) is 1.66. The molecule has 2 heterocycles. The maximum absolute atomic E-state index is 12.3. The van der Waals surface area contributed by atoms with Gasteiger partial charge < -0.3 is 9.84 Å². The Hall–Kier alpha value is -2.61. The number of carbonyl (C=O) groups is 1. The molecule has 0 aliphatic heterocycles. The quantitative estimate of drug-likeness (QED) is 0.705. The summed E-state index contributed by atoms with van der Waals surface area (Å²) in [4.78, 5) is 12.3. The van der Waals surface area contributed by atoms with Crippen molar-refractivity contribution < 1.29 is 9.32 Å². The zero-order valence-electron chi connectivity index (χ0n) is 14.5. The van der Waals surface area contributed by atoms with Crippen LogP contribution in [-0.4, -0.2) is 31.1 Å². The maximum Gasteiger partial charge on any atom is 0.238 e. The van der Waals surface area contributed by atoms with Crippen molar-refractivity contribution in [3.05, 3.63) is 47.5 Å². The second-order valence-corrected chi connectivity index (χ2v) is 7.15. The van der Waals surface area contributed by atoms with Crippen LogP contribution in [-0.2, 0) is 4.79 Å². The molecule has 0 aliphatic carbocycles. The van der Waals surface area contributed by atoms with Crippen molar-refractivity contribution in [1.82, 2.24) is 19.9 Å². The highest BCUT2D eigenvalue weighted by molar-refractivity contribution is 8.00. The van der Waals surface area contributed by atoms with Gasteiger partial charge in [-0.3, -0.25) is 9.36 Å². The number of hydrogen-bond donors (Lipinski definition) is 1. The molecule has 0 bridgehead atoms. The summed E-state index contributed by atoms with van der Waals surface area (Å²) < 4.78 is 6.85. The van der Waals surface area contributed by atoms with Crippen molar-refractivity contribution in [3.63, 3.8) is 0 Å². The van der Waals surface area contributed by atoms with Crippen LogP contribution in [0.2, 0.25) is 0 Å². The summed E-state index contributed by atoms with van der Waals surface area (Å²) >= 11 is 1.34. The van der Waals surface area contributed by atoms with E-state index in [-0.39, 0.29) is 11.2 Å². The van der Waals surface area contributed by atoms with Gasteiger partial charge in [0.05, 0.1) is 10.9 Å². The summed E-state index contributed by atoms with van der Waals surface area (Å²) in [7, 11) is 0. The van der Waals surface area contributed by atoms with Crippen LogP contribution in [0.4, 0.5) is 5.82 Å². The van der Waals surface area contributed by atoms with E-state index in [1.165, 1.54) is 17.3 Å². The molecule has 25 heavy (non-hydrogen) atoms. The first-order valence-electron chi connectivity index (χ1n) is 7.82. The van der Waals surface area contributed by atoms with Gasteiger partial charge in [0.25, 0.3) is 0 Å². The van der Waals surface area contributed by atoms with Gasteiger partial charge in [-0.2, -0.15) is 0 Å². The van der Waals surface area contributed by atoms with Crippen LogP contribution >= 0.6 is 11.8 Å². The predicted octanol–water partition coefficient (Wildman–Crippen LogP) is 3.30. The molecule has 2 aromatic heterocycles. The zero-order valence-corrected chi connectivity index (χ0v) is 15.3. The van der Waals surface area contributed by atoms with E-state index in [1.54, 1.807) is 19.3 Å². The second kappa shape index (κ2) is 7.10. The molecule has 7 nitrogen and oxygen atoms in total. The van der Waals surface area contributed by atoms with Gasteiger partial charge in [-0.1, -0.05) is 34.6 Å². The molecule has 3 rings (SSSR count). The Morgan fingerprint density at radius 3 is 2.76 bits per heavy atom. The fraction of sp³-hybridized carbons (Fsp3) is 0.294. The van der Waals surface area contributed by atoms with Gasteiger partial charge in [-0.15, -0.1) is 10.2 Å². The third-order valence-electron chi connectivity index (χ3n) is 3.66. The molecule has 130 valence electrons. The van der Waals surface area contributed by atoms with E-state index in [2.05, 4.69) is 33.7 Å². The molecule has 0 fully saturated rings. The average Bonchev–Trinajstić information content (AvgIpc) is 3.16. The minimum atomic E-state index is -0.370. The van der Waals surface area contributed by atoms with E-state index >= 15 is 0 Å². The Kier molecular flexibility index (Phi) is 4.89. The SMILES string of the molecule is Cc1ccc(-n2cnnc2SC(C)C(=O)Nc2cc(C)on2)c(C)c1. The molecule has 1 unspecified atom stereocenters. The minimum absolute atomic E-state index is 0.173. The lowest BCUT2D eigenvalue weighted by Crippen LogP contribution is -2.23. The first-order chi connectivity index (χ1) is 11.9. The minimum Gasteiger partial charge on any atom is -0.360 e.